The van der Waals surface area contributed by atoms with Crippen LogP contribution in [0.25, 0.3) is 33.5 Å². The molecule has 0 radical (unpaired) electrons. The zero-order valence-corrected chi connectivity index (χ0v) is 12.3. The molecule has 5 N–H and O–H groups in total. The minimum Gasteiger partial charge on any atom is -0.383 e. The van der Waals surface area contributed by atoms with Gasteiger partial charge in [0.25, 0.3) is 0 Å². The van der Waals surface area contributed by atoms with Crippen molar-refractivity contribution in [2.24, 2.45) is 7.05 Å². The predicted molar refractivity (Wildman–Crippen MR) is 87.2 cm³/mol. The Balaban J connectivity index is 2.03. The molecule has 0 saturated heterocycles. The van der Waals surface area contributed by atoms with Crippen molar-refractivity contribution in [3.8, 4) is 11.5 Å². The van der Waals surface area contributed by atoms with E-state index in [-0.39, 0.29) is 0 Å². The van der Waals surface area contributed by atoms with Crippen molar-refractivity contribution < 1.29 is 0 Å². The lowest BCUT2D eigenvalue weighted by molar-refractivity contribution is 0.950. The van der Waals surface area contributed by atoms with E-state index >= 15 is 0 Å². The Kier molecular flexibility index (Phi) is 2.41. The number of nitrogens with one attached hydrogen (secondary N) is 1. The zero-order valence-electron chi connectivity index (χ0n) is 12.3. The first kappa shape index (κ1) is 12.6. The molecule has 22 heavy (non-hydrogen) atoms. The van der Waals surface area contributed by atoms with E-state index in [0.29, 0.717) is 23.2 Å². The van der Waals surface area contributed by atoms with Gasteiger partial charge in [0.2, 0.25) is 0 Å². The Labute approximate surface area is 126 Å². The lowest BCUT2D eigenvalue weighted by Crippen LogP contribution is -2.00. The maximum Gasteiger partial charge on any atom is 0.159 e. The number of nitrogens with two attached hydrogens (primary N) is 2. The van der Waals surface area contributed by atoms with Gasteiger partial charge in [-0.05, 0) is 24.6 Å². The van der Waals surface area contributed by atoms with Gasteiger partial charge in [0, 0.05) is 24.8 Å². The predicted octanol–water partition coefficient (Wildman–Crippen LogP) is 1.98. The number of rotatable bonds is 1. The van der Waals surface area contributed by atoms with E-state index in [0.717, 1.165) is 27.5 Å². The normalized spacial score (nSPS) is 11.5. The Morgan fingerprint density at radius 1 is 1.18 bits per heavy atom. The van der Waals surface area contributed by atoms with E-state index < -0.39 is 0 Å². The van der Waals surface area contributed by atoms with Gasteiger partial charge in [-0.15, -0.1) is 0 Å². The number of hydrogen-bond donors (Lipinski definition) is 3. The molecule has 4 heterocycles. The summed E-state index contributed by atoms with van der Waals surface area (Å²) in [5, 5.41) is 0.948. The molecule has 4 aromatic heterocycles. The number of aromatic nitrogens is 5. The number of fused-ring (bicyclic) bond motifs is 2. The van der Waals surface area contributed by atoms with Crippen molar-refractivity contribution in [3.63, 3.8) is 0 Å². The van der Waals surface area contributed by atoms with Gasteiger partial charge in [0.15, 0.2) is 5.82 Å². The molecule has 7 nitrogen and oxygen atoms in total. The first-order valence-electron chi connectivity index (χ1n) is 6.87. The highest BCUT2D eigenvalue weighted by atomic mass is 15.1. The number of nitrogen functional groups attached to an aromatic ring is 2. The minimum absolute atomic E-state index is 0.448. The summed E-state index contributed by atoms with van der Waals surface area (Å²) < 4.78 is 1.89. The molecule has 0 amide bonds. The number of imidazole rings is 1. The molecule has 4 rings (SSSR count). The molecule has 110 valence electrons. The Hall–Kier alpha value is -3.09. The molecule has 0 atom stereocenters. The fraction of sp³-hybridized carbons (Fsp3) is 0.133. The number of anilines is 2. The van der Waals surface area contributed by atoms with E-state index in [1.165, 1.54) is 0 Å². The standard InChI is InChI=1S/C15H15N7/c1-7-6-19-9-5-10(20-13(16)11(7)9)15-21-8-3-4-18-14(17)12(8)22(15)2/h3-6,19H,1-2H3,(H2,16,20)(H2,17,18). The summed E-state index contributed by atoms with van der Waals surface area (Å²) in [5.74, 6) is 1.64. The van der Waals surface area contributed by atoms with Crippen molar-refractivity contribution in [3.05, 3.63) is 30.1 Å². The Morgan fingerprint density at radius 3 is 2.77 bits per heavy atom. The van der Waals surface area contributed by atoms with Crippen molar-refractivity contribution in [2.75, 3.05) is 11.5 Å². The van der Waals surface area contributed by atoms with Crippen LogP contribution in [0.3, 0.4) is 0 Å². The highest BCUT2D eigenvalue weighted by molar-refractivity contribution is 5.95. The number of hydrogen-bond acceptors (Lipinski definition) is 5. The van der Waals surface area contributed by atoms with Crippen LogP contribution in [0.5, 0.6) is 0 Å². The van der Waals surface area contributed by atoms with Crippen molar-refractivity contribution >= 4 is 33.6 Å². The van der Waals surface area contributed by atoms with Crippen LogP contribution in [0.1, 0.15) is 5.56 Å². The average molecular weight is 293 g/mol. The first-order valence-corrected chi connectivity index (χ1v) is 6.87. The van der Waals surface area contributed by atoms with Gasteiger partial charge in [-0.25, -0.2) is 15.0 Å². The average Bonchev–Trinajstić information content (AvgIpc) is 3.01. The summed E-state index contributed by atoms with van der Waals surface area (Å²) in [7, 11) is 1.89. The number of H-pyrrole nitrogens is 1. The van der Waals surface area contributed by atoms with E-state index in [2.05, 4.69) is 19.9 Å². The van der Waals surface area contributed by atoms with Gasteiger partial charge >= 0.3 is 0 Å². The maximum absolute atomic E-state index is 6.11. The zero-order chi connectivity index (χ0) is 15.4. The number of aryl methyl sites for hydroxylation is 2. The molecule has 0 aromatic carbocycles. The molecule has 0 fully saturated rings. The molecule has 0 aliphatic heterocycles. The molecule has 0 bridgehead atoms. The summed E-state index contributed by atoms with van der Waals surface area (Å²) in [5.41, 5.74) is 16.4. The van der Waals surface area contributed by atoms with Gasteiger partial charge in [0.05, 0.1) is 11.0 Å². The van der Waals surface area contributed by atoms with Crippen LogP contribution in [-0.4, -0.2) is 24.5 Å². The molecular formula is C15H15N7. The number of aromatic amines is 1. The van der Waals surface area contributed by atoms with Crippen LogP contribution in [0.15, 0.2) is 24.5 Å². The Morgan fingerprint density at radius 2 is 2.00 bits per heavy atom. The maximum atomic E-state index is 6.11. The largest absolute Gasteiger partial charge is 0.383 e. The van der Waals surface area contributed by atoms with Gasteiger partial charge in [0.1, 0.15) is 22.8 Å². The molecule has 7 heteroatoms. The SMILES string of the molecule is Cc1c[nH]c2cc(-c3nc4ccnc(N)c4n3C)nc(N)c12. The Bertz CT molecular complexity index is 1030. The smallest absolute Gasteiger partial charge is 0.159 e. The second-order valence-electron chi connectivity index (χ2n) is 5.35. The number of pyridine rings is 2. The molecule has 0 saturated carbocycles. The highest BCUT2D eigenvalue weighted by Crippen LogP contribution is 2.30. The number of nitrogens with zero attached hydrogens (tertiary/aromatic N) is 4. The monoisotopic (exact) mass is 293 g/mol. The molecule has 0 spiro atoms. The van der Waals surface area contributed by atoms with Gasteiger partial charge in [-0.3, -0.25) is 0 Å². The quantitative estimate of drug-likeness (QED) is 0.497. The van der Waals surface area contributed by atoms with E-state index in [1.54, 1.807) is 6.20 Å². The van der Waals surface area contributed by atoms with Gasteiger partial charge in [-0.2, -0.15) is 0 Å². The lowest BCUT2D eigenvalue weighted by atomic mass is 10.2. The topological polar surface area (TPSA) is 111 Å². The van der Waals surface area contributed by atoms with E-state index in [1.807, 2.05) is 36.9 Å². The summed E-state index contributed by atoms with van der Waals surface area (Å²) in [4.78, 5) is 16.4. The second kappa shape index (κ2) is 4.20. The van der Waals surface area contributed by atoms with Crippen LogP contribution >= 0.6 is 0 Å². The third-order valence-corrected chi connectivity index (χ3v) is 3.93. The van der Waals surface area contributed by atoms with Crippen molar-refractivity contribution in [2.45, 2.75) is 6.92 Å². The van der Waals surface area contributed by atoms with Gasteiger partial charge < -0.3 is 21.0 Å². The molecule has 4 aromatic rings. The summed E-state index contributed by atoms with van der Waals surface area (Å²) >= 11 is 0. The van der Waals surface area contributed by atoms with Gasteiger partial charge in [-0.1, -0.05) is 0 Å². The minimum atomic E-state index is 0.448. The first-order chi connectivity index (χ1) is 10.6. The molecule has 0 unspecified atom stereocenters. The van der Waals surface area contributed by atoms with E-state index in [9.17, 15) is 0 Å². The van der Waals surface area contributed by atoms with Crippen LogP contribution in [0.2, 0.25) is 0 Å². The van der Waals surface area contributed by atoms with Crippen LogP contribution in [-0.2, 0) is 7.05 Å². The third-order valence-electron chi connectivity index (χ3n) is 3.93. The molecule has 0 aliphatic rings. The van der Waals surface area contributed by atoms with Crippen LogP contribution in [0, 0.1) is 6.92 Å². The lowest BCUT2D eigenvalue weighted by Gasteiger charge is -2.05. The van der Waals surface area contributed by atoms with Crippen molar-refractivity contribution in [1.29, 1.82) is 0 Å². The van der Waals surface area contributed by atoms with E-state index in [4.69, 9.17) is 11.5 Å². The van der Waals surface area contributed by atoms with Crippen LogP contribution in [0.4, 0.5) is 11.6 Å². The summed E-state index contributed by atoms with van der Waals surface area (Å²) in [6, 6.07) is 3.78. The fourth-order valence-corrected chi connectivity index (χ4v) is 2.88. The highest BCUT2D eigenvalue weighted by Gasteiger charge is 2.16. The third kappa shape index (κ3) is 1.59. The van der Waals surface area contributed by atoms with Crippen molar-refractivity contribution in [1.82, 2.24) is 24.5 Å². The fourth-order valence-electron chi connectivity index (χ4n) is 2.88. The molecule has 0 aliphatic carbocycles. The molecular weight excluding hydrogens is 278 g/mol. The summed E-state index contributed by atoms with van der Waals surface area (Å²) in [6.45, 7) is 2.00. The van der Waals surface area contributed by atoms with Crippen LogP contribution < -0.4 is 11.5 Å². The summed E-state index contributed by atoms with van der Waals surface area (Å²) in [6.07, 6.45) is 3.57. The second-order valence-corrected chi connectivity index (χ2v) is 5.35.